The Balaban J connectivity index is 2.41. The summed E-state index contributed by atoms with van der Waals surface area (Å²) in [5, 5.41) is 18.8. The third kappa shape index (κ3) is 2.48. The topological polar surface area (TPSA) is 111 Å². The van der Waals surface area contributed by atoms with Crippen molar-refractivity contribution in [2.24, 2.45) is 0 Å². The molecule has 19 heavy (non-hydrogen) atoms. The molecule has 2 rings (SSSR count). The predicted molar refractivity (Wildman–Crippen MR) is 72.0 cm³/mol. The number of anilines is 1. The van der Waals surface area contributed by atoms with Crippen molar-refractivity contribution in [2.75, 3.05) is 18.6 Å². The van der Waals surface area contributed by atoms with E-state index in [9.17, 15) is 9.90 Å². The minimum atomic E-state index is -0.838. The van der Waals surface area contributed by atoms with Gasteiger partial charge in [-0.05, 0) is 13.2 Å². The SMILES string of the molecule is CS[C@@H]1[C@H](O)[C@@H](CO)O[C@H]1n1cc(C)c(N)nc1=O. The van der Waals surface area contributed by atoms with Gasteiger partial charge in [-0.3, -0.25) is 4.57 Å². The average molecular weight is 287 g/mol. The molecule has 106 valence electrons. The normalized spacial score (nSPS) is 30.7. The number of thioether (sulfide) groups is 1. The van der Waals surface area contributed by atoms with Gasteiger partial charge in [0, 0.05) is 11.8 Å². The van der Waals surface area contributed by atoms with Crippen LogP contribution in [0.2, 0.25) is 0 Å². The Bertz CT molecular complexity index is 521. The molecule has 0 saturated carbocycles. The lowest BCUT2D eigenvalue weighted by molar-refractivity contribution is -0.0457. The summed E-state index contributed by atoms with van der Waals surface area (Å²) in [4.78, 5) is 15.6. The first-order chi connectivity index (χ1) is 8.99. The summed E-state index contributed by atoms with van der Waals surface area (Å²) in [5.74, 6) is 0.180. The fourth-order valence-corrected chi connectivity index (χ4v) is 2.99. The van der Waals surface area contributed by atoms with Gasteiger partial charge in [-0.15, -0.1) is 0 Å². The lowest BCUT2D eigenvalue weighted by Crippen LogP contribution is -2.34. The summed E-state index contributed by atoms with van der Waals surface area (Å²) in [7, 11) is 0. The van der Waals surface area contributed by atoms with Crippen molar-refractivity contribution in [1.29, 1.82) is 0 Å². The standard InChI is InChI=1S/C11H17N3O4S/c1-5-3-14(11(17)13-9(5)12)10-8(19-2)7(16)6(4-15)18-10/h3,6-8,10,15-16H,4H2,1-2H3,(H2,12,13,17)/t6-,7-,8-,10-/m1/s1. The van der Waals surface area contributed by atoms with Gasteiger partial charge in [-0.25, -0.2) is 4.79 Å². The smallest absolute Gasteiger partial charge is 0.351 e. The van der Waals surface area contributed by atoms with E-state index in [1.54, 1.807) is 13.1 Å². The maximum atomic E-state index is 11.9. The van der Waals surface area contributed by atoms with Gasteiger partial charge in [0.2, 0.25) is 0 Å². The number of nitrogens with zero attached hydrogens (tertiary/aromatic N) is 2. The number of aliphatic hydroxyl groups is 2. The Hall–Kier alpha value is -1.09. The van der Waals surface area contributed by atoms with Gasteiger partial charge >= 0.3 is 5.69 Å². The van der Waals surface area contributed by atoms with Crippen LogP contribution in [0.25, 0.3) is 0 Å². The zero-order chi connectivity index (χ0) is 14.2. The van der Waals surface area contributed by atoms with E-state index in [1.165, 1.54) is 16.3 Å². The van der Waals surface area contributed by atoms with Gasteiger partial charge in [0.15, 0.2) is 6.23 Å². The van der Waals surface area contributed by atoms with E-state index in [2.05, 4.69) is 4.98 Å². The van der Waals surface area contributed by atoms with E-state index in [1.807, 2.05) is 6.26 Å². The van der Waals surface area contributed by atoms with Crippen molar-refractivity contribution in [1.82, 2.24) is 9.55 Å². The first kappa shape index (κ1) is 14.3. The number of aliphatic hydroxyl groups excluding tert-OH is 2. The monoisotopic (exact) mass is 287 g/mol. The van der Waals surface area contributed by atoms with Crippen LogP contribution in [0, 0.1) is 6.92 Å². The van der Waals surface area contributed by atoms with Gasteiger partial charge < -0.3 is 20.7 Å². The Labute approximate surface area is 114 Å². The number of hydrogen-bond donors (Lipinski definition) is 3. The largest absolute Gasteiger partial charge is 0.394 e. The molecule has 1 aromatic rings. The number of ether oxygens (including phenoxy) is 1. The molecular formula is C11H17N3O4S. The van der Waals surface area contributed by atoms with Crippen LogP contribution in [0.15, 0.2) is 11.0 Å². The summed E-state index contributed by atoms with van der Waals surface area (Å²) < 4.78 is 6.86. The number of hydrogen-bond acceptors (Lipinski definition) is 7. The molecule has 1 saturated heterocycles. The molecule has 7 nitrogen and oxygen atoms in total. The molecule has 0 bridgehead atoms. The van der Waals surface area contributed by atoms with Crippen molar-refractivity contribution in [2.45, 2.75) is 30.6 Å². The van der Waals surface area contributed by atoms with E-state index in [-0.39, 0.29) is 17.7 Å². The third-order valence-corrected chi connectivity index (χ3v) is 4.27. The molecule has 1 aliphatic heterocycles. The summed E-state index contributed by atoms with van der Waals surface area (Å²) in [6.07, 6.45) is 1.17. The molecular weight excluding hydrogens is 270 g/mol. The maximum absolute atomic E-state index is 11.9. The van der Waals surface area contributed by atoms with Crippen molar-refractivity contribution < 1.29 is 14.9 Å². The zero-order valence-corrected chi connectivity index (χ0v) is 11.5. The van der Waals surface area contributed by atoms with Gasteiger partial charge in [-0.2, -0.15) is 16.7 Å². The number of nitrogen functional groups attached to an aromatic ring is 1. The minimum Gasteiger partial charge on any atom is -0.394 e. The molecule has 1 aromatic heterocycles. The highest BCUT2D eigenvalue weighted by molar-refractivity contribution is 7.99. The summed E-state index contributed by atoms with van der Waals surface area (Å²) >= 11 is 1.38. The molecule has 4 atom stereocenters. The van der Waals surface area contributed by atoms with E-state index >= 15 is 0 Å². The molecule has 1 aliphatic rings. The van der Waals surface area contributed by atoms with Crippen LogP contribution in [0.4, 0.5) is 5.82 Å². The van der Waals surface area contributed by atoms with Crippen LogP contribution in [0.5, 0.6) is 0 Å². The predicted octanol–water partition coefficient (Wildman–Crippen LogP) is -0.884. The quantitative estimate of drug-likeness (QED) is 0.661. The second-order valence-electron chi connectivity index (χ2n) is 4.44. The Morgan fingerprint density at radius 3 is 2.89 bits per heavy atom. The molecule has 0 amide bonds. The molecule has 0 aromatic carbocycles. The molecule has 8 heteroatoms. The molecule has 1 fully saturated rings. The van der Waals surface area contributed by atoms with Crippen LogP contribution >= 0.6 is 11.8 Å². The Morgan fingerprint density at radius 1 is 1.63 bits per heavy atom. The van der Waals surface area contributed by atoms with Crippen molar-refractivity contribution >= 4 is 17.6 Å². The Kier molecular flexibility index (Phi) is 4.14. The van der Waals surface area contributed by atoms with Crippen LogP contribution in [0.1, 0.15) is 11.8 Å². The average Bonchev–Trinajstić information content (AvgIpc) is 2.70. The summed E-state index contributed by atoms with van der Waals surface area (Å²) in [5.41, 5.74) is 5.70. The zero-order valence-electron chi connectivity index (χ0n) is 10.7. The molecule has 0 unspecified atom stereocenters. The maximum Gasteiger partial charge on any atom is 0.351 e. The Morgan fingerprint density at radius 2 is 2.32 bits per heavy atom. The summed E-state index contributed by atoms with van der Waals surface area (Å²) in [6, 6.07) is 0. The van der Waals surface area contributed by atoms with Crippen LogP contribution in [0.3, 0.4) is 0 Å². The highest BCUT2D eigenvalue weighted by Crippen LogP contribution is 2.35. The first-order valence-electron chi connectivity index (χ1n) is 5.82. The van der Waals surface area contributed by atoms with E-state index < -0.39 is 24.1 Å². The second kappa shape index (κ2) is 5.49. The number of aryl methyl sites for hydroxylation is 1. The number of aromatic nitrogens is 2. The number of rotatable bonds is 3. The summed E-state index contributed by atoms with van der Waals surface area (Å²) in [6.45, 7) is 1.44. The molecule has 0 radical (unpaired) electrons. The van der Waals surface area contributed by atoms with Crippen molar-refractivity contribution in [3.05, 3.63) is 22.2 Å². The van der Waals surface area contributed by atoms with Crippen LogP contribution in [-0.4, -0.2) is 50.1 Å². The van der Waals surface area contributed by atoms with Crippen molar-refractivity contribution in [3.63, 3.8) is 0 Å². The number of nitrogens with two attached hydrogens (primary N) is 1. The van der Waals surface area contributed by atoms with E-state index in [0.29, 0.717) is 5.56 Å². The molecule has 0 aliphatic carbocycles. The van der Waals surface area contributed by atoms with Crippen LogP contribution < -0.4 is 11.4 Å². The third-order valence-electron chi connectivity index (χ3n) is 3.21. The fourth-order valence-electron chi connectivity index (χ4n) is 2.11. The fraction of sp³-hybridized carbons (Fsp3) is 0.636. The van der Waals surface area contributed by atoms with Crippen LogP contribution in [-0.2, 0) is 4.74 Å². The minimum absolute atomic E-state index is 0.180. The van der Waals surface area contributed by atoms with E-state index in [4.69, 9.17) is 15.6 Å². The first-order valence-corrected chi connectivity index (χ1v) is 7.10. The second-order valence-corrected chi connectivity index (χ2v) is 5.45. The van der Waals surface area contributed by atoms with Gasteiger partial charge in [0.25, 0.3) is 0 Å². The molecule has 2 heterocycles. The van der Waals surface area contributed by atoms with Gasteiger partial charge in [-0.1, -0.05) is 0 Å². The molecule has 0 spiro atoms. The van der Waals surface area contributed by atoms with Gasteiger partial charge in [0.1, 0.15) is 11.9 Å². The van der Waals surface area contributed by atoms with Crippen molar-refractivity contribution in [3.8, 4) is 0 Å². The van der Waals surface area contributed by atoms with Gasteiger partial charge in [0.05, 0.1) is 18.0 Å². The highest BCUT2D eigenvalue weighted by Gasteiger charge is 2.44. The lowest BCUT2D eigenvalue weighted by atomic mass is 10.2. The molecule has 4 N–H and O–H groups in total. The van der Waals surface area contributed by atoms with E-state index in [0.717, 1.165) is 0 Å². The highest BCUT2D eigenvalue weighted by atomic mass is 32.2. The lowest BCUT2D eigenvalue weighted by Gasteiger charge is -2.20.